The number of hydrogen-bond acceptors (Lipinski definition) is 5. The maximum atomic E-state index is 12.5. The fraction of sp³-hybridized carbons (Fsp3) is 0.429. The molecule has 0 saturated carbocycles. The van der Waals surface area contributed by atoms with Crippen LogP contribution in [0, 0.1) is 0 Å². The molecule has 0 radical (unpaired) electrons. The first-order valence-corrected chi connectivity index (χ1v) is 9.75. The first kappa shape index (κ1) is 17.8. The van der Waals surface area contributed by atoms with Crippen molar-refractivity contribution < 1.29 is 4.79 Å². The number of amides is 1. The Morgan fingerprint density at radius 2 is 1.59 bits per heavy atom. The summed E-state index contributed by atoms with van der Waals surface area (Å²) in [7, 11) is 2.16. The second-order valence-corrected chi connectivity index (χ2v) is 7.39. The summed E-state index contributed by atoms with van der Waals surface area (Å²) < 4.78 is 0. The number of anilines is 3. The van der Waals surface area contributed by atoms with Gasteiger partial charge in [-0.3, -0.25) is 4.79 Å². The Balaban J connectivity index is 1.36. The van der Waals surface area contributed by atoms with Gasteiger partial charge in [0.05, 0.1) is 5.56 Å². The highest BCUT2D eigenvalue weighted by molar-refractivity contribution is 6.04. The highest BCUT2D eigenvalue weighted by atomic mass is 16.1. The Morgan fingerprint density at radius 1 is 0.889 bits per heavy atom. The van der Waals surface area contributed by atoms with Crippen LogP contribution in [0.15, 0.2) is 42.6 Å². The Kier molecular flexibility index (Phi) is 5.25. The predicted molar refractivity (Wildman–Crippen MR) is 110 cm³/mol. The van der Waals surface area contributed by atoms with Crippen LogP contribution < -0.4 is 15.1 Å². The largest absolute Gasteiger partial charge is 0.369 e. The van der Waals surface area contributed by atoms with Crippen LogP contribution in [0.4, 0.5) is 17.2 Å². The van der Waals surface area contributed by atoms with Crippen molar-refractivity contribution in [3.05, 3.63) is 48.2 Å². The molecule has 142 valence electrons. The number of likely N-dealkylation sites (N-methyl/N-ethyl adjacent to an activating group) is 1. The topological polar surface area (TPSA) is 51.7 Å². The number of pyridine rings is 1. The fourth-order valence-electron chi connectivity index (χ4n) is 3.68. The monoisotopic (exact) mass is 365 g/mol. The summed E-state index contributed by atoms with van der Waals surface area (Å²) in [5.41, 5.74) is 2.60. The van der Waals surface area contributed by atoms with E-state index in [0.29, 0.717) is 5.56 Å². The summed E-state index contributed by atoms with van der Waals surface area (Å²) >= 11 is 0. The van der Waals surface area contributed by atoms with Crippen molar-refractivity contribution in [1.29, 1.82) is 0 Å². The Labute approximate surface area is 160 Å². The molecule has 6 heteroatoms. The summed E-state index contributed by atoms with van der Waals surface area (Å²) in [5.74, 6) is 0.836. The number of carbonyl (C=O) groups excluding carboxylic acids is 1. The normalized spacial score (nSPS) is 18.0. The van der Waals surface area contributed by atoms with Gasteiger partial charge in [0, 0.05) is 56.8 Å². The van der Waals surface area contributed by atoms with Gasteiger partial charge in [0.25, 0.3) is 5.91 Å². The third-order valence-corrected chi connectivity index (χ3v) is 5.43. The lowest BCUT2D eigenvalue weighted by molar-refractivity contribution is 0.102. The van der Waals surface area contributed by atoms with Gasteiger partial charge < -0.3 is 20.0 Å². The van der Waals surface area contributed by atoms with Crippen molar-refractivity contribution in [2.24, 2.45) is 0 Å². The smallest absolute Gasteiger partial charge is 0.257 e. The van der Waals surface area contributed by atoms with E-state index in [1.54, 1.807) is 6.20 Å². The summed E-state index contributed by atoms with van der Waals surface area (Å²) in [5, 5.41) is 2.97. The molecule has 1 N–H and O–H groups in total. The molecule has 0 atom stereocenters. The second kappa shape index (κ2) is 7.96. The molecule has 27 heavy (non-hydrogen) atoms. The van der Waals surface area contributed by atoms with Gasteiger partial charge in [-0.15, -0.1) is 0 Å². The number of carbonyl (C=O) groups is 1. The minimum atomic E-state index is -0.122. The highest BCUT2D eigenvalue weighted by Gasteiger charge is 2.16. The number of benzene rings is 1. The molecule has 0 bridgehead atoms. The van der Waals surface area contributed by atoms with Gasteiger partial charge >= 0.3 is 0 Å². The van der Waals surface area contributed by atoms with Crippen LogP contribution in [0.5, 0.6) is 0 Å². The Hall–Kier alpha value is -2.60. The second-order valence-electron chi connectivity index (χ2n) is 7.39. The van der Waals surface area contributed by atoms with Crippen LogP contribution >= 0.6 is 0 Å². The number of aromatic nitrogens is 1. The van der Waals surface area contributed by atoms with Gasteiger partial charge in [-0.25, -0.2) is 4.98 Å². The van der Waals surface area contributed by atoms with Crippen LogP contribution in [0.2, 0.25) is 0 Å². The molecule has 1 aromatic carbocycles. The average molecular weight is 365 g/mol. The molecular weight excluding hydrogens is 338 g/mol. The molecule has 6 nitrogen and oxygen atoms in total. The van der Waals surface area contributed by atoms with Crippen molar-refractivity contribution in [2.75, 3.05) is 61.4 Å². The van der Waals surface area contributed by atoms with Crippen molar-refractivity contribution in [3.63, 3.8) is 0 Å². The van der Waals surface area contributed by atoms with E-state index in [2.05, 4.69) is 44.2 Å². The lowest BCUT2D eigenvalue weighted by Gasteiger charge is -2.34. The highest BCUT2D eigenvalue weighted by Crippen LogP contribution is 2.21. The van der Waals surface area contributed by atoms with E-state index in [-0.39, 0.29) is 5.91 Å². The zero-order valence-corrected chi connectivity index (χ0v) is 15.9. The van der Waals surface area contributed by atoms with Crippen LogP contribution in [0.3, 0.4) is 0 Å². The lowest BCUT2D eigenvalue weighted by atomic mass is 10.2. The van der Waals surface area contributed by atoms with Crippen LogP contribution in [-0.4, -0.2) is 62.1 Å². The van der Waals surface area contributed by atoms with Crippen LogP contribution in [0.25, 0.3) is 0 Å². The molecular formula is C21H27N5O. The molecule has 3 heterocycles. The first-order valence-electron chi connectivity index (χ1n) is 9.75. The van der Waals surface area contributed by atoms with Crippen LogP contribution in [-0.2, 0) is 0 Å². The van der Waals surface area contributed by atoms with E-state index in [4.69, 9.17) is 0 Å². The van der Waals surface area contributed by atoms with E-state index < -0.39 is 0 Å². The molecule has 0 spiro atoms. The Morgan fingerprint density at radius 3 is 2.22 bits per heavy atom. The number of nitrogens with one attached hydrogen (secondary N) is 1. The molecule has 2 fully saturated rings. The maximum Gasteiger partial charge on any atom is 0.257 e. The summed E-state index contributed by atoms with van der Waals surface area (Å²) in [4.78, 5) is 23.9. The molecule has 1 amide bonds. The Bertz CT molecular complexity index is 760. The van der Waals surface area contributed by atoms with Crippen molar-refractivity contribution in [2.45, 2.75) is 12.8 Å². The summed E-state index contributed by atoms with van der Waals surface area (Å²) in [6, 6.07) is 11.9. The van der Waals surface area contributed by atoms with Crippen molar-refractivity contribution in [1.82, 2.24) is 9.88 Å². The minimum absolute atomic E-state index is 0.122. The van der Waals surface area contributed by atoms with E-state index in [9.17, 15) is 4.79 Å². The van der Waals surface area contributed by atoms with E-state index in [0.717, 1.165) is 50.8 Å². The van der Waals surface area contributed by atoms with Gasteiger partial charge in [-0.1, -0.05) is 0 Å². The van der Waals surface area contributed by atoms with Gasteiger partial charge in [0.1, 0.15) is 5.82 Å². The molecule has 2 aliphatic heterocycles. The molecule has 0 unspecified atom stereocenters. The van der Waals surface area contributed by atoms with Gasteiger partial charge in [-0.05, 0) is 56.3 Å². The van der Waals surface area contributed by atoms with Crippen LogP contribution in [0.1, 0.15) is 23.2 Å². The maximum absolute atomic E-state index is 12.5. The van der Waals surface area contributed by atoms with E-state index >= 15 is 0 Å². The minimum Gasteiger partial charge on any atom is -0.369 e. The number of piperazine rings is 1. The fourth-order valence-corrected chi connectivity index (χ4v) is 3.68. The zero-order chi connectivity index (χ0) is 18.6. The molecule has 1 aromatic heterocycles. The number of rotatable bonds is 4. The lowest BCUT2D eigenvalue weighted by Crippen LogP contribution is -2.44. The third-order valence-electron chi connectivity index (χ3n) is 5.43. The number of nitrogens with zero attached hydrogens (tertiary/aromatic N) is 4. The molecule has 2 saturated heterocycles. The van der Waals surface area contributed by atoms with Gasteiger partial charge in [0.2, 0.25) is 0 Å². The van der Waals surface area contributed by atoms with E-state index in [1.807, 2.05) is 24.3 Å². The SMILES string of the molecule is CN1CCN(c2ccc(NC(=O)c3ccc(N4CCCC4)nc3)cc2)CC1. The first-order chi connectivity index (χ1) is 13.2. The standard InChI is InChI=1S/C21H27N5O/c1-24-12-14-25(15-13-24)19-7-5-18(6-8-19)23-21(27)17-4-9-20(22-16-17)26-10-2-3-11-26/h4-9,16H,2-3,10-15H2,1H3,(H,23,27). The van der Waals surface area contributed by atoms with Gasteiger partial charge in [0.15, 0.2) is 0 Å². The molecule has 2 aromatic rings. The molecule has 2 aliphatic rings. The number of hydrogen-bond donors (Lipinski definition) is 1. The van der Waals surface area contributed by atoms with Crippen molar-refractivity contribution >= 4 is 23.1 Å². The zero-order valence-electron chi connectivity index (χ0n) is 15.9. The molecule has 0 aliphatic carbocycles. The van der Waals surface area contributed by atoms with E-state index in [1.165, 1.54) is 18.5 Å². The quantitative estimate of drug-likeness (QED) is 0.903. The summed E-state index contributed by atoms with van der Waals surface area (Å²) in [6.07, 6.45) is 4.10. The third kappa shape index (κ3) is 4.22. The molecule has 4 rings (SSSR count). The van der Waals surface area contributed by atoms with Gasteiger partial charge in [-0.2, -0.15) is 0 Å². The average Bonchev–Trinajstić information content (AvgIpc) is 3.24. The van der Waals surface area contributed by atoms with Crippen molar-refractivity contribution in [3.8, 4) is 0 Å². The summed E-state index contributed by atoms with van der Waals surface area (Å²) in [6.45, 7) is 6.35. The predicted octanol–water partition coefficient (Wildman–Crippen LogP) is 2.69.